The van der Waals surface area contributed by atoms with Crippen molar-refractivity contribution >= 4 is 5.91 Å². The molecule has 1 aromatic rings. The van der Waals surface area contributed by atoms with Gasteiger partial charge in [-0.15, -0.1) is 0 Å². The van der Waals surface area contributed by atoms with Gasteiger partial charge in [-0.05, 0) is 18.9 Å². The molecule has 17 heavy (non-hydrogen) atoms. The molecular formula is C12H17FN2O2. The van der Waals surface area contributed by atoms with Crippen LogP contribution >= 0.6 is 0 Å². The molecule has 0 atom stereocenters. The molecule has 2 N–H and O–H groups in total. The number of amides is 1. The van der Waals surface area contributed by atoms with Crippen LogP contribution in [0.15, 0.2) is 18.5 Å². The molecule has 0 aliphatic rings. The number of carbonyl (C=O) groups is 1. The fraction of sp³-hybridized carbons (Fsp3) is 0.500. The minimum atomic E-state index is -0.649. The van der Waals surface area contributed by atoms with Gasteiger partial charge in [0.25, 0.3) is 5.91 Å². The van der Waals surface area contributed by atoms with E-state index >= 15 is 0 Å². The van der Waals surface area contributed by atoms with Crippen molar-refractivity contribution in [1.82, 2.24) is 10.3 Å². The molecule has 1 aromatic heterocycles. The number of nitrogens with one attached hydrogen (secondary N) is 1. The van der Waals surface area contributed by atoms with Crippen molar-refractivity contribution in [3.63, 3.8) is 0 Å². The molecule has 1 amide bonds. The Labute approximate surface area is 99.9 Å². The summed E-state index contributed by atoms with van der Waals surface area (Å²) in [6, 6.07) is 1.12. The van der Waals surface area contributed by atoms with Crippen molar-refractivity contribution in [3.05, 3.63) is 29.8 Å². The zero-order chi connectivity index (χ0) is 12.9. The highest BCUT2D eigenvalue weighted by molar-refractivity contribution is 5.94. The summed E-state index contributed by atoms with van der Waals surface area (Å²) in [4.78, 5) is 15.5. The number of carbonyl (C=O) groups excluding carboxylic acids is 1. The number of nitrogens with zero attached hydrogens (tertiary/aromatic N) is 1. The first-order valence-corrected chi connectivity index (χ1v) is 5.61. The smallest absolute Gasteiger partial charge is 0.253 e. The summed E-state index contributed by atoms with van der Waals surface area (Å²) >= 11 is 0. The first-order chi connectivity index (χ1) is 8.06. The summed E-state index contributed by atoms with van der Waals surface area (Å²) < 4.78 is 12.9. The number of aromatic nitrogens is 1. The van der Waals surface area contributed by atoms with E-state index in [2.05, 4.69) is 10.3 Å². The van der Waals surface area contributed by atoms with Gasteiger partial charge in [0.2, 0.25) is 0 Å². The predicted molar refractivity (Wildman–Crippen MR) is 62.1 cm³/mol. The summed E-state index contributed by atoms with van der Waals surface area (Å²) in [6.07, 6.45) is 3.55. The lowest BCUT2D eigenvalue weighted by molar-refractivity contribution is 0.0817. The van der Waals surface area contributed by atoms with E-state index in [4.69, 9.17) is 0 Å². The maximum Gasteiger partial charge on any atom is 0.253 e. The van der Waals surface area contributed by atoms with Gasteiger partial charge in [0, 0.05) is 6.20 Å². The number of aliphatic hydroxyl groups excluding tert-OH is 1. The fourth-order valence-electron chi connectivity index (χ4n) is 1.54. The second-order valence-corrected chi connectivity index (χ2v) is 3.99. The van der Waals surface area contributed by atoms with Crippen LogP contribution in [0.5, 0.6) is 0 Å². The Balaban J connectivity index is 2.84. The van der Waals surface area contributed by atoms with Crippen LogP contribution in [-0.2, 0) is 0 Å². The highest BCUT2D eigenvalue weighted by atomic mass is 19.1. The van der Waals surface area contributed by atoms with E-state index in [0.717, 1.165) is 12.3 Å². The molecular weight excluding hydrogens is 223 g/mol. The third kappa shape index (κ3) is 3.23. The van der Waals surface area contributed by atoms with Crippen LogP contribution in [0.2, 0.25) is 0 Å². The van der Waals surface area contributed by atoms with Crippen molar-refractivity contribution < 1.29 is 14.3 Å². The molecule has 0 saturated carbocycles. The average molecular weight is 240 g/mol. The van der Waals surface area contributed by atoms with Crippen molar-refractivity contribution in [1.29, 1.82) is 0 Å². The lowest BCUT2D eigenvalue weighted by atomic mass is 9.93. The minimum Gasteiger partial charge on any atom is -0.394 e. The van der Waals surface area contributed by atoms with E-state index in [1.54, 1.807) is 0 Å². The van der Waals surface area contributed by atoms with Crippen LogP contribution in [0.25, 0.3) is 0 Å². The molecule has 1 heterocycles. The average Bonchev–Trinajstić information content (AvgIpc) is 2.36. The first kappa shape index (κ1) is 13.6. The molecule has 0 unspecified atom stereocenters. The Morgan fingerprint density at radius 2 is 2.12 bits per heavy atom. The normalized spacial score (nSPS) is 11.3. The lowest BCUT2D eigenvalue weighted by Gasteiger charge is -2.30. The number of rotatable bonds is 5. The van der Waals surface area contributed by atoms with Crippen molar-refractivity contribution in [2.45, 2.75) is 32.2 Å². The first-order valence-electron chi connectivity index (χ1n) is 5.61. The maximum atomic E-state index is 12.9. The molecule has 0 radical (unpaired) electrons. The molecule has 1 rings (SSSR count). The predicted octanol–water partition coefficient (Wildman–Crippen LogP) is 1.50. The van der Waals surface area contributed by atoms with Gasteiger partial charge in [0.05, 0.1) is 23.9 Å². The van der Waals surface area contributed by atoms with Gasteiger partial charge in [-0.25, -0.2) is 4.39 Å². The number of hydrogen-bond acceptors (Lipinski definition) is 3. The van der Waals surface area contributed by atoms with Crippen LogP contribution in [-0.4, -0.2) is 28.1 Å². The zero-order valence-corrected chi connectivity index (χ0v) is 10.0. The molecule has 0 fully saturated rings. The minimum absolute atomic E-state index is 0.144. The Bertz CT molecular complexity index is 384. The molecule has 0 aromatic carbocycles. The number of halogens is 1. The van der Waals surface area contributed by atoms with E-state index in [9.17, 15) is 14.3 Å². The third-order valence-electron chi connectivity index (χ3n) is 3.00. The van der Waals surface area contributed by atoms with Crippen LogP contribution in [0.3, 0.4) is 0 Å². The quantitative estimate of drug-likeness (QED) is 0.820. The largest absolute Gasteiger partial charge is 0.394 e. The highest BCUT2D eigenvalue weighted by Crippen LogP contribution is 2.15. The van der Waals surface area contributed by atoms with E-state index in [1.807, 2.05) is 13.8 Å². The van der Waals surface area contributed by atoms with E-state index in [-0.39, 0.29) is 12.2 Å². The van der Waals surface area contributed by atoms with Gasteiger partial charge in [-0.2, -0.15) is 0 Å². The van der Waals surface area contributed by atoms with Gasteiger partial charge in [0.1, 0.15) is 5.82 Å². The fourth-order valence-corrected chi connectivity index (χ4v) is 1.54. The molecule has 0 spiro atoms. The number of aliphatic hydroxyl groups is 1. The zero-order valence-electron chi connectivity index (χ0n) is 10.0. The summed E-state index contributed by atoms with van der Waals surface area (Å²) in [6.45, 7) is 3.61. The molecule has 0 bridgehead atoms. The summed E-state index contributed by atoms with van der Waals surface area (Å²) in [5.74, 6) is -0.977. The second-order valence-electron chi connectivity index (χ2n) is 3.99. The van der Waals surface area contributed by atoms with Gasteiger partial charge < -0.3 is 10.4 Å². The molecule has 4 nitrogen and oxygen atoms in total. The van der Waals surface area contributed by atoms with E-state index in [0.29, 0.717) is 12.8 Å². The summed E-state index contributed by atoms with van der Waals surface area (Å²) in [5.41, 5.74) is -0.492. The van der Waals surface area contributed by atoms with Crippen molar-refractivity contribution in [2.24, 2.45) is 0 Å². The van der Waals surface area contributed by atoms with Gasteiger partial charge >= 0.3 is 0 Å². The monoisotopic (exact) mass is 240 g/mol. The molecule has 94 valence electrons. The Morgan fingerprint density at radius 3 is 2.59 bits per heavy atom. The number of pyridine rings is 1. The van der Waals surface area contributed by atoms with Crippen molar-refractivity contribution in [3.8, 4) is 0 Å². The van der Waals surface area contributed by atoms with E-state index < -0.39 is 17.3 Å². The Kier molecular flexibility index (Phi) is 4.57. The third-order valence-corrected chi connectivity index (χ3v) is 3.00. The molecule has 0 aliphatic carbocycles. The maximum absolute atomic E-state index is 12.9. The lowest BCUT2D eigenvalue weighted by Crippen LogP contribution is -2.50. The van der Waals surface area contributed by atoms with Crippen LogP contribution in [0.4, 0.5) is 4.39 Å². The summed E-state index contributed by atoms with van der Waals surface area (Å²) in [5, 5.41) is 12.0. The highest BCUT2D eigenvalue weighted by Gasteiger charge is 2.27. The second kappa shape index (κ2) is 5.72. The molecule has 0 aliphatic heterocycles. The molecule has 0 saturated heterocycles. The number of hydrogen-bond donors (Lipinski definition) is 2. The SMILES string of the molecule is CCC(CC)(CO)NC(=O)c1cncc(F)c1. The van der Waals surface area contributed by atoms with Gasteiger partial charge in [-0.1, -0.05) is 13.8 Å². The van der Waals surface area contributed by atoms with Crippen LogP contribution in [0, 0.1) is 5.82 Å². The molecule has 5 heteroatoms. The topological polar surface area (TPSA) is 62.2 Å². The Morgan fingerprint density at radius 1 is 1.47 bits per heavy atom. The standard InChI is InChI=1S/C12H17FN2O2/c1-3-12(4-2,8-16)15-11(17)9-5-10(13)7-14-6-9/h5-7,16H,3-4,8H2,1-2H3,(H,15,17). The summed E-state index contributed by atoms with van der Waals surface area (Å²) in [7, 11) is 0. The van der Waals surface area contributed by atoms with E-state index in [1.165, 1.54) is 6.20 Å². The van der Waals surface area contributed by atoms with Crippen molar-refractivity contribution in [2.75, 3.05) is 6.61 Å². The van der Waals surface area contributed by atoms with Crippen LogP contribution in [0.1, 0.15) is 37.0 Å². The van der Waals surface area contributed by atoms with Gasteiger partial charge in [-0.3, -0.25) is 9.78 Å². The Hall–Kier alpha value is -1.49. The van der Waals surface area contributed by atoms with Gasteiger partial charge in [0.15, 0.2) is 0 Å². The van der Waals surface area contributed by atoms with Crippen LogP contribution < -0.4 is 5.32 Å².